The van der Waals surface area contributed by atoms with E-state index in [-0.39, 0.29) is 5.91 Å². The first kappa shape index (κ1) is 18.1. The van der Waals surface area contributed by atoms with Gasteiger partial charge in [0.2, 0.25) is 5.91 Å². The molecule has 1 amide bonds. The van der Waals surface area contributed by atoms with E-state index in [0.29, 0.717) is 45.2 Å². The highest BCUT2D eigenvalue weighted by atomic mass is 16.6. The fraction of sp³-hybridized carbons (Fsp3) is 0.421. The maximum absolute atomic E-state index is 12.7. The maximum Gasteiger partial charge on any atom is 0.237 e. The van der Waals surface area contributed by atoms with E-state index in [1.165, 1.54) is 0 Å². The van der Waals surface area contributed by atoms with Gasteiger partial charge in [-0.3, -0.25) is 9.69 Å². The zero-order chi connectivity index (χ0) is 18.4. The molecule has 26 heavy (non-hydrogen) atoms. The van der Waals surface area contributed by atoms with Gasteiger partial charge in [0.25, 0.3) is 0 Å². The molecule has 7 heteroatoms. The minimum atomic E-state index is 0.0702. The Labute approximate surface area is 153 Å². The molecule has 0 N–H and O–H groups in total. The first-order valence-electron chi connectivity index (χ1n) is 8.76. The normalized spacial score (nSPS) is 12.9. The third-order valence-corrected chi connectivity index (χ3v) is 4.15. The molecule has 0 saturated heterocycles. The molecular formula is C19H24N4O3. The molecule has 0 saturated carbocycles. The summed E-state index contributed by atoms with van der Waals surface area (Å²) in [5, 5.41) is 0. The molecule has 1 aliphatic rings. The van der Waals surface area contributed by atoms with Gasteiger partial charge in [-0.05, 0) is 37.7 Å². The Morgan fingerprint density at radius 2 is 1.85 bits per heavy atom. The molecule has 0 radical (unpaired) electrons. The van der Waals surface area contributed by atoms with E-state index in [9.17, 15) is 4.79 Å². The molecule has 0 spiro atoms. The van der Waals surface area contributed by atoms with Crippen LogP contribution in [-0.2, 0) is 17.9 Å². The van der Waals surface area contributed by atoms with E-state index < -0.39 is 0 Å². The molecule has 0 fully saturated rings. The summed E-state index contributed by atoms with van der Waals surface area (Å²) in [5.41, 5.74) is 1.03. The number of aromatic nitrogens is 2. The number of rotatable bonds is 7. The molecule has 1 aromatic carbocycles. The van der Waals surface area contributed by atoms with Crippen molar-refractivity contribution in [3.8, 4) is 11.5 Å². The summed E-state index contributed by atoms with van der Waals surface area (Å²) in [5.74, 6) is 2.28. The quantitative estimate of drug-likeness (QED) is 0.753. The second-order valence-corrected chi connectivity index (χ2v) is 6.22. The zero-order valence-electron chi connectivity index (χ0n) is 15.2. The summed E-state index contributed by atoms with van der Waals surface area (Å²) in [6.45, 7) is 5.15. The van der Waals surface area contributed by atoms with Crippen LogP contribution in [0, 0.1) is 0 Å². The summed E-state index contributed by atoms with van der Waals surface area (Å²) in [6, 6.07) is 7.61. The number of amides is 1. The van der Waals surface area contributed by atoms with Crippen LogP contribution in [0.5, 0.6) is 11.5 Å². The molecule has 0 aliphatic carbocycles. The fourth-order valence-electron chi connectivity index (χ4n) is 2.82. The summed E-state index contributed by atoms with van der Waals surface area (Å²) >= 11 is 0. The molecule has 7 nitrogen and oxygen atoms in total. The predicted octanol–water partition coefficient (Wildman–Crippen LogP) is 1.73. The molecule has 2 aromatic rings. The Hall–Kier alpha value is -2.67. The maximum atomic E-state index is 12.7. The standard InChI is InChI=1S/C19H24N4O3/c1-3-23(12-15-5-6-16-17(11-15)26-10-9-25-16)19(24)14-22(2)13-18-20-7-4-8-21-18/h4-8,11H,3,9-10,12-14H2,1-2H3. The second-order valence-electron chi connectivity index (χ2n) is 6.22. The Balaban J connectivity index is 1.58. The van der Waals surface area contributed by atoms with Gasteiger partial charge in [0.1, 0.15) is 19.0 Å². The molecular weight excluding hydrogens is 332 g/mol. The number of benzene rings is 1. The minimum absolute atomic E-state index is 0.0702. The highest BCUT2D eigenvalue weighted by Gasteiger charge is 2.17. The number of hydrogen-bond acceptors (Lipinski definition) is 6. The highest BCUT2D eigenvalue weighted by Crippen LogP contribution is 2.31. The molecule has 1 aliphatic heterocycles. The second kappa shape index (κ2) is 8.62. The van der Waals surface area contributed by atoms with Crippen LogP contribution in [0.1, 0.15) is 18.3 Å². The van der Waals surface area contributed by atoms with Crippen molar-refractivity contribution in [1.82, 2.24) is 19.8 Å². The smallest absolute Gasteiger partial charge is 0.237 e. The number of likely N-dealkylation sites (N-methyl/N-ethyl adjacent to an activating group) is 2. The van der Waals surface area contributed by atoms with E-state index >= 15 is 0 Å². The highest BCUT2D eigenvalue weighted by molar-refractivity contribution is 5.78. The van der Waals surface area contributed by atoms with Gasteiger partial charge >= 0.3 is 0 Å². The van der Waals surface area contributed by atoms with Crippen LogP contribution >= 0.6 is 0 Å². The summed E-state index contributed by atoms with van der Waals surface area (Å²) in [6.07, 6.45) is 3.41. The van der Waals surface area contributed by atoms with Crippen molar-refractivity contribution >= 4 is 5.91 Å². The largest absolute Gasteiger partial charge is 0.486 e. The Morgan fingerprint density at radius 1 is 1.12 bits per heavy atom. The van der Waals surface area contributed by atoms with Crippen molar-refractivity contribution in [1.29, 1.82) is 0 Å². The van der Waals surface area contributed by atoms with Gasteiger partial charge in [0.05, 0.1) is 13.1 Å². The molecule has 2 heterocycles. The van der Waals surface area contributed by atoms with Gasteiger partial charge in [0, 0.05) is 25.5 Å². The third kappa shape index (κ3) is 4.70. The van der Waals surface area contributed by atoms with E-state index in [2.05, 4.69) is 9.97 Å². The van der Waals surface area contributed by atoms with Crippen molar-refractivity contribution < 1.29 is 14.3 Å². The predicted molar refractivity (Wildman–Crippen MR) is 96.9 cm³/mol. The van der Waals surface area contributed by atoms with Gasteiger partial charge in [-0.1, -0.05) is 6.07 Å². The number of ether oxygens (including phenoxy) is 2. The Bertz CT molecular complexity index is 739. The van der Waals surface area contributed by atoms with Crippen molar-refractivity contribution in [3.05, 3.63) is 48.0 Å². The van der Waals surface area contributed by atoms with Gasteiger partial charge in [-0.25, -0.2) is 9.97 Å². The van der Waals surface area contributed by atoms with E-state index in [0.717, 1.165) is 17.1 Å². The van der Waals surface area contributed by atoms with E-state index in [4.69, 9.17) is 9.47 Å². The number of carbonyl (C=O) groups excluding carboxylic acids is 1. The van der Waals surface area contributed by atoms with Crippen LogP contribution in [0.3, 0.4) is 0 Å². The molecule has 138 valence electrons. The number of hydrogen-bond donors (Lipinski definition) is 0. The lowest BCUT2D eigenvalue weighted by atomic mass is 10.1. The minimum Gasteiger partial charge on any atom is -0.486 e. The molecule has 3 rings (SSSR count). The van der Waals surface area contributed by atoms with E-state index in [1.54, 1.807) is 18.5 Å². The number of fused-ring (bicyclic) bond motifs is 1. The molecule has 0 unspecified atom stereocenters. The number of carbonyl (C=O) groups is 1. The Morgan fingerprint density at radius 3 is 2.58 bits per heavy atom. The van der Waals surface area contributed by atoms with Gasteiger partial charge in [0.15, 0.2) is 11.5 Å². The lowest BCUT2D eigenvalue weighted by Crippen LogP contribution is -2.38. The van der Waals surface area contributed by atoms with Gasteiger partial charge < -0.3 is 14.4 Å². The monoisotopic (exact) mass is 356 g/mol. The van der Waals surface area contributed by atoms with Crippen LogP contribution < -0.4 is 9.47 Å². The lowest BCUT2D eigenvalue weighted by molar-refractivity contribution is -0.132. The lowest BCUT2D eigenvalue weighted by Gasteiger charge is -2.25. The fourth-order valence-corrected chi connectivity index (χ4v) is 2.82. The van der Waals surface area contributed by atoms with Crippen molar-refractivity contribution in [2.45, 2.75) is 20.0 Å². The number of nitrogens with zero attached hydrogens (tertiary/aromatic N) is 4. The van der Waals surface area contributed by atoms with Gasteiger partial charge in [-0.2, -0.15) is 0 Å². The van der Waals surface area contributed by atoms with E-state index in [1.807, 2.05) is 42.0 Å². The molecule has 0 atom stereocenters. The first-order valence-corrected chi connectivity index (χ1v) is 8.76. The third-order valence-electron chi connectivity index (χ3n) is 4.15. The average Bonchev–Trinajstić information content (AvgIpc) is 2.66. The van der Waals surface area contributed by atoms with Crippen LogP contribution in [0.25, 0.3) is 0 Å². The van der Waals surface area contributed by atoms with Crippen LogP contribution in [0.15, 0.2) is 36.7 Å². The van der Waals surface area contributed by atoms with Crippen molar-refractivity contribution in [2.75, 3.05) is 33.4 Å². The Kier molecular flexibility index (Phi) is 6.01. The summed E-state index contributed by atoms with van der Waals surface area (Å²) in [7, 11) is 1.90. The molecule has 1 aromatic heterocycles. The summed E-state index contributed by atoms with van der Waals surface area (Å²) in [4.78, 5) is 24.8. The average molecular weight is 356 g/mol. The van der Waals surface area contributed by atoms with Crippen LogP contribution in [-0.4, -0.2) is 59.0 Å². The van der Waals surface area contributed by atoms with Gasteiger partial charge in [-0.15, -0.1) is 0 Å². The van der Waals surface area contributed by atoms with Crippen molar-refractivity contribution in [3.63, 3.8) is 0 Å². The topological polar surface area (TPSA) is 67.8 Å². The molecule has 0 bridgehead atoms. The SMILES string of the molecule is CCN(Cc1ccc2c(c1)OCCO2)C(=O)CN(C)Cc1ncccn1. The van der Waals surface area contributed by atoms with Crippen molar-refractivity contribution in [2.24, 2.45) is 0 Å². The first-order chi connectivity index (χ1) is 12.7. The van der Waals surface area contributed by atoms with Crippen LogP contribution in [0.2, 0.25) is 0 Å². The zero-order valence-corrected chi connectivity index (χ0v) is 15.2. The van der Waals surface area contributed by atoms with Crippen LogP contribution in [0.4, 0.5) is 0 Å². The summed E-state index contributed by atoms with van der Waals surface area (Å²) < 4.78 is 11.2.